The third kappa shape index (κ3) is 5.97. The Kier molecular flexibility index (Phi) is 8.72. The number of nitrogens with zero attached hydrogens (tertiary/aromatic N) is 2. The van der Waals surface area contributed by atoms with Crippen molar-refractivity contribution >= 4 is 29.3 Å². The van der Waals surface area contributed by atoms with Crippen LogP contribution in [0.25, 0.3) is 11.1 Å². The lowest BCUT2D eigenvalue weighted by Crippen LogP contribution is -2.48. The van der Waals surface area contributed by atoms with E-state index in [1.165, 1.54) is 16.7 Å². The first kappa shape index (κ1) is 24.9. The number of carbonyl (C=O) groups is 2. The number of rotatable bonds is 10. The number of carbonyl (C=O) groups excluding carboxylic acids is 1. The first-order chi connectivity index (χ1) is 16.5. The molecule has 174 valence electrons. The minimum atomic E-state index is -1.05. The number of para-hydroxylation sites is 1. The normalized spacial score (nSPS) is 11.3. The highest BCUT2D eigenvalue weighted by Crippen LogP contribution is 2.30. The Balaban J connectivity index is 2.07. The topological polar surface area (TPSA) is 93.4 Å². The van der Waals surface area contributed by atoms with Crippen molar-refractivity contribution in [2.45, 2.75) is 19.4 Å². The van der Waals surface area contributed by atoms with E-state index in [9.17, 15) is 20.0 Å². The summed E-state index contributed by atoms with van der Waals surface area (Å²) in [5.74, 6) is -0.854. The molecule has 1 amide bonds. The van der Waals surface area contributed by atoms with Gasteiger partial charge in [0, 0.05) is 11.3 Å². The molecule has 0 spiro atoms. The maximum atomic E-state index is 13.9. The van der Waals surface area contributed by atoms with Crippen molar-refractivity contribution < 1.29 is 14.7 Å². The van der Waals surface area contributed by atoms with Crippen molar-refractivity contribution in [3.05, 3.63) is 89.5 Å². The molecule has 1 atom stereocenters. The van der Waals surface area contributed by atoms with Crippen LogP contribution >= 0.6 is 11.8 Å². The van der Waals surface area contributed by atoms with Crippen molar-refractivity contribution in [2.75, 3.05) is 24.0 Å². The monoisotopic (exact) mass is 473 g/mol. The molecule has 0 aromatic heterocycles. The Hall–Kier alpha value is -3.76. The fraction of sp³-hybridized carbons (Fsp3) is 0.222. The molecule has 3 rings (SSSR count). The fourth-order valence-electron chi connectivity index (χ4n) is 3.75. The smallest absolute Gasteiger partial charge is 0.326 e. The second-order valence-corrected chi connectivity index (χ2v) is 8.78. The lowest BCUT2D eigenvalue weighted by molar-refractivity contribution is -0.142. The van der Waals surface area contributed by atoms with Crippen LogP contribution in [-0.2, 0) is 4.79 Å². The summed E-state index contributed by atoms with van der Waals surface area (Å²) in [5, 5.41) is 22.6. The minimum Gasteiger partial charge on any atom is -0.480 e. The largest absolute Gasteiger partial charge is 0.480 e. The summed E-state index contributed by atoms with van der Waals surface area (Å²) in [5.41, 5.74) is 3.97. The highest BCUT2D eigenvalue weighted by Gasteiger charge is 2.31. The van der Waals surface area contributed by atoms with Crippen molar-refractivity contribution in [3.63, 3.8) is 0 Å². The summed E-state index contributed by atoms with van der Waals surface area (Å²) in [6.07, 6.45) is 2.22. The van der Waals surface area contributed by atoms with E-state index < -0.39 is 17.9 Å². The average molecular weight is 474 g/mol. The van der Waals surface area contributed by atoms with E-state index in [1.54, 1.807) is 18.2 Å². The van der Waals surface area contributed by atoms with Crippen LogP contribution < -0.4 is 5.32 Å². The Morgan fingerprint density at radius 3 is 2.41 bits per heavy atom. The molecular formula is C27H27N3O3S. The summed E-state index contributed by atoms with van der Waals surface area (Å²) in [4.78, 5) is 27.5. The number of anilines is 1. The number of aliphatic carboxylic acids is 1. The van der Waals surface area contributed by atoms with E-state index in [0.717, 1.165) is 16.8 Å². The second-order valence-electron chi connectivity index (χ2n) is 7.80. The fourth-order valence-corrected chi connectivity index (χ4v) is 4.21. The van der Waals surface area contributed by atoms with E-state index in [2.05, 4.69) is 11.4 Å². The summed E-state index contributed by atoms with van der Waals surface area (Å²) in [7, 11) is 0. The quantitative estimate of drug-likeness (QED) is 0.391. The number of nitriles is 1. The number of aryl methyl sites for hydroxylation is 1. The molecule has 6 nitrogen and oxygen atoms in total. The highest BCUT2D eigenvalue weighted by atomic mass is 32.2. The van der Waals surface area contributed by atoms with Gasteiger partial charge in [0.25, 0.3) is 5.91 Å². The third-order valence-electron chi connectivity index (χ3n) is 5.56. The van der Waals surface area contributed by atoms with Gasteiger partial charge in [0.1, 0.15) is 6.04 Å². The van der Waals surface area contributed by atoms with Gasteiger partial charge in [-0.15, -0.1) is 0 Å². The molecule has 34 heavy (non-hydrogen) atoms. The minimum absolute atomic E-state index is 0.0292. The predicted molar refractivity (Wildman–Crippen MR) is 137 cm³/mol. The van der Waals surface area contributed by atoms with Crippen LogP contribution in [0.15, 0.2) is 72.8 Å². The Labute approximate surface area is 204 Å². The van der Waals surface area contributed by atoms with Crippen LogP contribution in [0, 0.1) is 18.3 Å². The first-order valence-electron chi connectivity index (χ1n) is 10.9. The molecule has 0 saturated heterocycles. The van der Waals surface area contributed by atoms with E-state index in [1.807, 2.05) is 67.8 Å². The third-order valence-corrected chi connectivity index (χ3v) is 6.20. The zero-order valence-corrected chi connectivity index (χ0v) is 20.0. The number of hydrogen-bond acceptors (Lipinski definition) is 5. The molecule has 0 fully saturated rings. The van der Waals surface area contributed by atoms with Gasteiger partial charge in [-0.1, -0.05) is 42.5 Å². The van der Waals surface area contributed by atoms with Gasteiger partial charge in [0.2, 0.25) is 0 Å². The zero-order chi connectivity index (χ0) is 24.5. The molecule has 0 aliphatic carbocycles. The Bertz CT molecular complexity index is 1190. The maximum absolute atomic E-state index is 13.9. The van der Waals surface area contributed by atoms with Crippen LogP contribution in [0.3, 0.4) is 0 Å². The van der Waals surface area contributed by atoms with Crippen molar-refractivity contribution in [1.29, 1.82) is 5.26 Å². The van der Waals surface area contributed by atoms with E-state index >= 15 is 0 Å². The molecule has 3 aromatic rings. The molecule has 0 aliphatic rings. The Morgan fingerprint density at radius 2 is 1.76 bits per heavy atom. The van der Waals surface area contributed by atoms with Gasteiger partial charge < -0.3 is 15.3 Å². The SMILES string of the molecule is CSCC[C@@H](C(=O)O)N(CNc1ccccc1)C(=O)c1ccc(C#N)cc1-c1ccccc1C. The number of amides is 1. The van der Waals surface area contributed by atoms with Gasteiger partial charge in [-0.05, 0) is 72.4 Å². The number of carboxylic acids is 1. The predicted octanol–water partition coefficient (Wildman–Crippen LogP) is 5.25. The Morgan fingerprint density at radius 1 is 1.06 bits per heavy atom. The van der Waals surface area contributed by atoms with Gasteiger partial charge in [-0.2, -0.15) is 17.0 Å². The summed E-state index contributed by atoms with van der Waals surface area (Å²) < 4.78 is 0. The van der Waals surface area contributed by atoms with Crippen molar-refractivity contribution in [1.82, 2.24) is 4.90 Å². The summed E-state index contributed by atoms with van der Waals surface area (Å²) in [6.45, 7) is 1.97. The number of benzene rings is 3. The molecule has 2 N–H and O–H groups in total. The molecule has 0 unspecified atom stereocenters. The van der Waals surface area contributed by atoms with Gasteiger partial charge >= 0.3 is 5.97 Å². The van der Waals surface area contributed by atoms with Gasteiger partial charge in [-0.3, -0.25) is 4.79 Å². The van der Waals surface area contributed by atoms with E-state index in [-0.39, 0.29) is 6.67 Å². The second kappa shape index (κ2) is 11.9. The molecule has 7 heteroatoms. The van der Waals surface area contributed by atoms with Gasteiger partial charge in [-0.25, -0.2) is 4.79 Å². The summed E-state index contributed by atoms with van der Waals surface area (Å²) >= 11 is 1.54. The standard InChI is InChI=1S/C27H27N3O3S/c1-19-8-6-7-11-22(19)24-16-20(17-28)12-13-23(24)26(31)30(25(27(32)33)14-15-34-2)18-29-21-9-4-3-5-10-21/h3-13,16,25,29H,14-15,18H2,1-2H3,(H,32,33)/t25-/m0/s1. The van der Waals surface area contributed by atoms with Crippen LogP contribution in [-0.4, -0.2) is 46.6 Å². The lowest BCUT2D eigenvalue weighted by Gasteiger charge is -2.30. The van der Waals surface area contributed by atoms with Crippen LogP contribution in [0.4, 0.5) is 5.69 Å². The van der Waals surface area contributed by atoms with E-state index in [4.69, 9.17) is 0 Å². The molecule has 0 bridgehead atoms. The lowest BCUT2D eigenvalue weighted by atomic mass is 9.93. The van der Waals surface area contributed by atoms with Crippen LogP contribution in [0.1, 0.15) is 27.9 Å². The molecule has 0 radical (unpaired) electrons. The van der Waals surface area contributed by atoms with Gasteiger partial charge in [0.05, 0.1) is 18.3 Å². The molecule has 0 saturated carbocycles. The number of thioether (sulfide) groups is 1. The first-order valence-corrected chi connectivity index (χ1v) is 12.3. The van der Waals surface area contributed by atoms with Crippen molar-refractivity contribution in [3.8, 4) is 17.2 Å². The van der Waals surface area contributed by atoms with Gasteiger partial charge in [0.15, 0.2) is 0 Å². The number of hydrogen-bond donors (Lipinski definition) is 2. The molecular weight excluding hydrogens is 446 g/mol. The molecule has 0 aliphatic heterocycles. The number of nitrogens with one attached hydrogen (secondary N) is 1. The van der Waals surface area contributed by atoms with Crippen molar-refractivity contribution in [2.24, 2.45) is 0 Å². The average Bonchev–Trinajstić information content (AvgIpc) is 2.86. The highest BCUT2D eigenvalue weighted by molar-refractivity contribution is 7.98. The summed E-state index contributed by atoms with van der Waals surface area (Å²) in [6, 6.07) is 23.0. The van der Waals surface area contributed by atoms with Crippen LogP contribution in [0.2, 0.25) is 0 Å². The van der Waals surface area contributed by atoms with Crippen LogP contribution in [0.5, 0.6) is 0 Å². The maximum Gasteiger partial charge on any atom is 0.326 e. The number of carboxylic acid groups (broad SMARTS) is 1. The zero-order valence-electron chi connectivity index (χ0n) is 19.2. The molecule has 0 heterocycles. The molecule has 3 aromatic carbocycles. The van der Waals surface area contributed by atoms with E-state index in [0.29, 0.717) is 28.9 Å².